The van der Waals surface area contributed by atoms with Gasteiger partial charge in [-0.3, -0.25) is 9.97 Å². The molecule has 94 valence electrons. The predicted molar refractivity (Wildman–Crippen MR) is 76.9 cm³/mol. The number of fused-ring (bicyclic) bond motifs is 1. The smallest absolute Gasteiger partial charge is 0.0702 e. The van der Waals surface area contributed by atoms with Gasteiger partial charge in [0.2, 0.25) is 0 Å². The number of nitrogens with zero attached hydrogens (tertiary/aromatic N) is 2. The fourth-order valence-electron chi connectivity index (χ4n) is 2.36. The van der Waals surface area contributed by atoms with Crippen LogP contribution in [0.2, 0.25) is 0 Å². The summed E-state index contributed by atoms with van der Waals surface area (Å²) in [6.07, 6.45) is 5.46. The minimum absolute atomic E-state index is 0.174. The van der Waals surface area contributed by atoms with Gasteiger partial charge >= 0.3 is 0 Å². The molecule has 0 fully saturated rings. The summed E-state index contributed by atoms with van der Waals surface area (Å²) in [5, 5.41) is 4.51. The van der Waals surface area contributed by atoms with Crippen LogP contribution in [0, 0.1) is 0 Å². The summed E-state index contributed by atoms with van der Waals surface area (Å²) in [7, 11) is 1.97. The van der Waals surface area contributed by atoms with Gasteiger partial charge in [0.25, 0.3) is 0 Å². The van der Waals surface area contributed by atoms with E-state index in [1.165, 1.54) is 11.1 Å². The van der Waals surface area contributed by atoms with Crippen LogP contribution in [0.3, 0.4) is 0 Å². The molecule has 0 saturated carbocycles. The van der Waals surface area contributed by atoms with Crippen molar-refractivity contribution >= 4 is 10.9 Å². The van der Waals surface area contributed by atoms with E-state index in [9.17, 15) is 0 Å². The Balaban J connectivity index is 2.06. The van der Waals surface area contributed by atoms with Crippen LogP contribution in [-0.2, 0) is 0 Å². The second-order valence-electron chi connectivity index (χ2n) is 4.46. The van der Waals surface area contributed by atoms with Crippen LogP contribution in [0.1, 0.15) is 17.2 Å². The van der Waals surface area contributed by atoms with Crippen LogP contribution in [0.5, 0.6) is 0 Å². The standard InChI is InChI=1S/C16H15N3/c1-17-16(12-6-9-18-10-7-12)14-4-5-15-13(11-14)3-2-8-19-15/h2-11,16-17H,1H3. The Labute approximate surface area is 112 Å². The lowest BCUT2D eigenvalue weighted by Crippen LogP contribution is -2.17. The third-order valence-electron chi connectivity index (χ3n) is 3.29. The van der Waals surface area contributed by atoms with Crippen molar-refractivity contribution in [2.75, 3.05) is 7.05 Å². The highest BCUT2D eigenvalue weighted by Gasteiger charge is 2.11. The Morgan fingerprint density at radius 2 is 1.79 bits per heavy atom. The van der Waals surface area contributed by atoms with E-state index in [2.05, 4.69) is 39.6 Å². The molecule has 0 radical (unpaired) electrons. The number of aromatic nitrogens is 2. The van der Waals surface area contributed by atoms with Gasteiger partial charge in [-0.25, -0.2) is 0 Å². The quantitative estimate of drug-likeness (QED) is 0.775. The first kappa shape index (κ1) is 11.8. The molecule has 2 aromatic heterocycles. The number of nitrogens with one attached hydrogen (secondary N) is 1. The molecule has 1 aromatic carbocycles. The number of benzene rings is 1. The monoisotopic (exact) mass is 249 g/mol. The molecular weight excluding hydrogens is 234 g/mol. The van der Waals surface area contributed by atoms with Gasteiger partial charge in [0.1, 0.15) is 0 Å². The number of hydrogen-bond donors (Lipinski definition) is 1. The molecule has 0 amide bonds. The second kappa shape index (κ2) is 5.16. The van der Waals surface area contributed by atoms with Crippen LogP contribution in [0.15, 0.2) is 61.1 Å². The summed E-state index contributed by atoms with van der Waals surface area (Å²) in [5.41, 5.74) is 3.46. The van der Waals surface area contributed by atoms with Crippen molar-refractivity contribution in [3.63, 3.8) is 0 Å². The van der Waals surface area contributed by atoms with E-state index < -0.39 is 0 Å². The Morgan fingerprint density at radius 3 is 2.58 bits per heavy atom. The average Bonchev–Trinajstić information content (AvgIpc) is 2.49. The zero-order chi connectivity index (χ0) is 13.1. The van der Waals surface area contributed by atoms with E-state index in [-0.39, 0.29) is 6.04 Å². The molecule has 0 saturated heterocycles. The van der Waals surface area contributed by atoms with Crippen molar-refractivity contribution < 1.29 is 0 Å². The van der Waals surface area contributed by atoms with Crippen molar-refractivity contribution in [3.05, 3.63) is 72.2 Å². The normalized spacial score (nSPS) is 12.5. The highest BCUT2D eigenvalue weighted by Crippen LogP contribution is 2.24. The topological polar surface area (TPSA) is 37.8 Å². The first-order valence-corrected chi connectivity index (χ1v) is 6.30. The molecular formula is C16H15N3. The van der Waals surface area contributed by atoms with Gasteiger partial charge in [0, 0.05) is 24.0 Å². The van der Waals surface area contributed by atoms with Gasteiger partial charge in [-0.2, -0.15) is 0 Å². The fourth-order valence-corrected chi connectivity index (χ4v) is 2.36. The number of hydrogen-bond acceptors (Lipinski definition) is 3. The van der Waals surface area contributed by atoms with Crippen LogP contribution in [-0.4, -0.2) is 17.0 Å². The van der Waals surface area contributed by atoms with Gasteiger partial charge in [-0.1, -0.05) is 12.1 Å². The number of rotatable bonds is 3. The van der Waals surface area contributed by atoms with Crippen molar-refractivity contribution in [3.8, 4) is 0 Å². The molecule has 1 unspecified atom stereocenters. The second-order valence-corrected chi connectivity index (χ2v) is 4.46. The highest BCUT2D eigenvalue weighted by molar-refractivity contribution is 5.79. The minimum atomic E-state index is 0.174. The summed E-state index contributed by atoms with van der Waals surface area (Å²) >= 11 is 0. The predicted octanol–water partition coefficient (Wildman–Crippen LogP) is 2.94. The van der Waals surface area contributed by atoms with Crippen LogP contribution < -0.4 is 5.32 Å². The Hall–Kier alpha value is -2.26. The van der Waals surface area contributed by atoms with Crippen molar-refractivity contribution in [2.45, 2.75) is 6.04 Å². The van der Waals surface area contributed by atoms with Gasteiger partial charge in [0.05, 0.1) is 11.6 Å². The van der Waals surface area contributed by atoms with Crippen molar-refractivity contribution in [1.82, 2.24) is 15.3 Å². The minimum Gasteiger partial charge on any atom is -0.309 e. The van der Waals surface area contributed by atoms with E-state index in [0.29, 0.717) is 0 Å². The third-order valence-corrected chi connectivity index (χ3v) is 3.29. The summed E-state index contributed by atoms with van der Waals surface area (Å²) in [6.45, 7) is 0. The first-order valence-electron chi connectivity index (χ1n) is 6.30. The lowest BCUT2D eigenvalue weighted by molar-refractivity contribution is 0.691. The Morgan fingerprint density at radius 1 is 0.947 bits per heavy atom. The molecule has 3 rings (SSSR count). The molecule has 1 N–H and O–H groups in total. The van der Waals surface area contributed by atoms with Crippen LogP contribution in [0.4, 0.5) is 0 Å². The van der Waals surface area contributed by atoms with Gasteiger partial charge in [0.15, 0.2) is 0 Å². The molecule has 0 aliphatic carbocycles. The average molecular weight is 249 g/mol. The Bertz CT molecular complexity index is 680. The summed E-state index contributed by atoms with van der Waals surface area (Å²) < 4.78 is 0. The summed E-state index contributed by atoms with van der Waals surface area (Å²) in [5.74, 6) is 0. The number of pyridine rings is 2. The van der Waals surface area contributed by atoms with E-state index in [1.54, 1.807) is 0 Å². The van der Waals surface area contributed by atoms with Gasteiger partial charge in [-0.15, -0.1) is 0 Å². The molecule has 1 atom stereocenters. The van der Waals surface area contributed by atoms with E-state index >= 15 is 0 Å². The largest absolute Gasteiger partial charge is 0.309 e. The summed E-state index contributed by atoms with van der Waals surface area (Å²) in [6, 6.07) is 14.7. The van der Waals surface area contributed by atoms with Crippen LogP contribution >= 0.6 is 0 Å². The first-order chi connectivity index (χ1) is 9.38. The SMILES string of the molecule is CNC(c1ccncc1)c1ccc2ncccc2c1. The molecule has 2 heterocycles. The molecule has 0 aliphatic rings. The third kappa shape index (κ3) is 2.33. The lowest BCUT2D eigenvalue weighted by atomic mass is 9.98. The molecule has 19 heavy (non-hydrogen) atoms. The lowest BCUT2D eigenvalue weighted by Gasteiger charge is -2.17. The maximum Gasteiger partial charge on any atom is 0.0702 e. The molecule has 0 bridgehead atoms. The maximum absolute atomic E-state index is 4.35. The van der Waals surface area contributed by atoms with Crippen LogP contribution in [0.25, 0.3) is 10.9 Å². The summed E-state index contributed by atoms with van der Waals surface area (Å²) in [4.78, 5) is 8.42. The molecule has 3 nitrogen and oxygen atoms in total. The zero-order valence-electron chi connectivity index (χ0n) is 10.7. The highest BCUT2D eigenvalue weighted by atomic mass is 14.9. The van der Waals surface area contributed by atoms with Gasteiger partial charge < -0.3 is 5.32 Å². The fraction of sp³-hybridized carbons (Fsp3) is 0.125. The maximum atomic E-state index is 4.35. The molecule has 0 spiro atoms. The molecule has 0 aliphatic heterocycles. The molecule has 3 heteroatoms. The van der Waals surface area contributed by atoms with Gasteiger partial charge in [-0.05, 0) is 48.5 Å². The Kier molecular flexibility index (Phi) is 3.21. The zero-order valence-corrected chi connectivity index (χ0v) is 10.7. The molecule has 3 aromatic rings. The van der Waals surface area contributed by atoms with E-state index in [1.807, 2.05) is 43.8 Å². The van der Waals surface area contributed by atoms with E-state index in [0.717, 1.165) is 10.9 Å². The van der Waals surface area contributed by atoms with Crippen molar-refractivity contribution in [2.24, 2.45) is 0 Å². The van der Waals surface area contributed by atoms with Crippen molar-refractivity contribution in [1.29, 1.82) is 0 Å². The van der Waals surface area contributed by atoms with E-state index in [4.69, 9.17) is 0 Å².